The second-order valence-electron chi connectivity index (χ2n) is 10.6. The van der Waals surface area contributed by atoms with Crippen LogP contribution in [0.25, 0.3) is 11.3 Å². The van der Waals surface area contributed by atoms with E-state index >= 15 is 0 Å². The Bertz CT molecular complexity index is 1370. The standard InChI is InChI=1S/C31H37Cl2N5O4/c1-2-41-31(40)36-24-12-6-7-13-25(24)38-20-35-28(29(38)21-9-4-3-5-10-21)30(39)37-17-16-34-19-22(37)15-18-42-26-14-8-11-23(32)27(26)33/h3-5,8-11,14,20,22,24-25,34H,2,6-7,12-13,15-19H2,1H3,(H,36,40)/t22-,24+,25+/m1/s1. The topological polar surface area (TPSA) is 97.7 Å². The summed E-state index contributed by atoms with van der Waals surface area (Å²) >= 11 is 12.4. The summed E-state index contributed by atoms with van der Waals surface area (Å²) in [5.74, 6) is 0.403. The average Bonchev–Trinajstić information content (AvgIpc) is 3.45. The Morgan fingerprint density at radius 3 is 2.71 bits per heavy atom. The lowest BCUT2D eigenvalue weighted by molar-refractivity contribution is 0.0601. The van der Waals surface area contributed by atoms with Crippen LogP contribution in [0.5, 0.6) is 5.75 Å². The van der Waals surface area contributed by atoms with Crippen LogP contribution >= 0.6 is 23.2 Å². The predicted octanol–water partition coefficient (Wildman–Crippen LogP) is 5.97. The maximum atomic E-state index is 14.2. The van der Waals surface area contributed by atoms with E-state index in [2.05, 4.69) is 15.2 Å². The Morgan fingerprint density at radius 2 is 1.90 bits per heavy atom. The fourth-order valence-corrected chi connectivity index (χ4v) is 6.26. The van der Waals surface area contributed by atoms with E-state index in [4.69, 9.17) is 37.7 Å². The van der Waals surface area contributed by atoms with E-state index in [9.17, 15) is 9.59 Å². The Labute approximate surface area is 256 Å². The number of halogens is 2. The number of rotatable bonds is 9. The van der Waals surface area contributed by atoms with Crippen molar-refractivity contribution in [3.05, 3.63) is 70.6 Å². The first-order valence-corrected chi connectivity index (χ1v) is 15.4. The maximum absolute atomic E-state index is 14.2. The van der Waals surface area contributed by atoms with Gasteiger partial charge in [-0.1, -0.05) is 72.4 Å². The number of hydrogen-bond acceptors (Lipinski definition) is 6. The van der Waals surface area contributed by atoms with Gasteiger partial charge in [0.2, 0.25) is 0 Å². The van der Waals surface area contributed by atoms with E-state index < -0.39 is 6.09 Å². The number of nitrogens with one attached hydrogen (secondary N) is 2. The highest BCUT2D eigenvalue weighted by atomic mass is 35.5. The molecule has 1 aromatic heterocycles. The lowest BCUT2D eigenvalue weighted by Crippen LogP contribution is -2.54. The highest BCUT2D eigenvalue weighted by Gasteiger charge is 2.35. The number of carbonyl (C=O) groups is 2. The van der Waals surface area contributed by atoms with E-state index in [1.54, 1.807) is 31.5 Å². The molecule has 2 N–H and O–H groups in total. The van der Waals surface area contributed by atoms with Gasteiger partial charge in [0, 0.05) is 37.7 Å². The first kappa shape index (κ1) is 30.2. The molecule has 2 heterocycles. The van der Waals surface area contributed by atoms with Crippen LogP contribution in [0.4, 0.5) is 4.79 Å². The molecular weight excluding hydrogens is 577 g/mol. The largest absolute Gasteiger partial charge is 0.492 e. The quantitative estimate of drug-likeness (QED) is 0.308. The molecule has 2 amide bonds. The number of hydrogen-bond donors (Lipinski definition) is 2. The number of nitrogens with zero attached hydrogens (tertiary/aromatic N) is 3. The van der Waals surface area contributed by atoms with Crippen LogP contribution in [0, 0.1) is 0 Å². The molecule has 0 bridgehead atoms. The van der Waals surface area contributed by atoms with E-state index in [1.807, 2.05) is 35.2 Å². The van der Waals surface area contributed by atoms with Gasteiger partial charge in [-0.2, -0.15) is 0 Å². The molecule has 224 valence electrons. The summed E-state index contributed by atoms with van der Waals surface area (Å²) in [6.45, 7) is 4.37. The molecule has 0 radical (unpaired) electrons. The molecule has 3 atom stereocenters. The summed E-state index contributed by atoms with van der Waals surface area (Å²) in [7, 11) is 0. The van der Waals surface area contributed by atoms with Crippen molar-refractivity contribution in [2.75, 3.05) is 32.8 Å². The van der Waals surface area contributed by atoms with Gasteiger partial charge in [0.05, 0.1) is 42.3 Å². The van der Waals surface area contributed by atoms with Crippen molar-refractivity contribution in [3.8, 4) is 17.0 Å². The molecule has 2 fully saturated rings. The van der Waals surface area contributed by atoms with Gasteiger partial charge in [0.1, 0.15) is 10.8 Å². The van der Waals surface area contributed by atoms with Crippen LogP contribution in [-0.2, 0) is 4.74 Å². The minimum atomic E-state index is -0.419. The monoisotopic (exact) mass is 613 g/mol. The second-order valence-corrected chi connectivity index (χ2v) is 11.4. The van der Waals surface area contributed by atoms with Gasteiger partial charge >= 0.3 is 6.09 Å². The average molecular weight is 615 g/mol. The molecule has 9 nitrogen and oxygen atoms in total. The number of benzene rings is 2. The van der Waals surface area contributed by atoms with Gasteiger partial charge in [-0.05, 0) is 31.9 Å². The van der Waals surface area contributed by atoms with Crippen molar-refractivity contribution >= 4 is 35.2 Å². The van der Waals surface area contributed by atoms with Gasteiger partial charge < -0.3 is 29.6 Å². The lowest BCUT2D eigenvalue weighted by Gasteiger charge is -2.36. The van der Waals surface area contributed by atoms with Gasteiger partial charge in [0.15, 0.2) is 5.69 Å². The summed E-state index contributed by atoms with van der Waals surface area (Å²) in [6.07, 6.45) is 5.68. The van der Waals surface area contributed by atoms with Crippen molar-refractivity contribution in [1.82, 2.24) is 25.1 Å². The van der Waals surface area contributed by atoms with Gasteiger partial charge in [0.25, 0.3) is 5.91 Å². The summed E-state index contributed by atoms with van der Waals surface area (Å²) in [5.41, 5.74) is 2.08. The smallest absolute Gasteiger partial charge is 0.407 e. The van der Waals surface area contributed by atoms with E-state index in [-0.39, 0.29) is 24.0 Å². The Balaban J connectivity index is 1.40. The summed E-state index contributed by atoms with van der Waals surface area (Å²) in [4.78, 5) is 33.2. The van der Waals surface area contributed by atoms with Crippen molar-refractivity contribution in [2.24, 2.45) is 0 Å². The van der Waals surface area contributed by atoms with Crippen molar-refractivity contribution in [1.29, 1.82) is 0 Å². The highest BCUT2D eigenvalue weighted by Crippen LogP contribution is 2.36. The van der Waals surface area contributed by atoms with Gasteiger partial charge in [-0.3, -0.25) is 4.79 Å². The minimum absolute atomic E-state index is 0.0536. The molecule has 5 rings (SSSR count). The van der Waals surface area contributed by atoms with E-state index in [0.717, 1.165) is 36.9 Å². The first-order valence-electron chi connectivity index (χ1n) is 14.6. The number of imidazole rings is 1. The molecule has 0 spiro atoms. The molecule has 2 aromatic carbocycles. The second kappa shape index (κ2) is 14.3. The molecule has 2 aliphatic rings. The molecule has 1 saturated heterocycles. The van der Waals surface area contributed by atoms with Crippen LogP contribution in [0.1, 0.15) is 55.6 Å². The fraction of sp³-hybridized carbons (Fsp3) is 0.452. The number of amides is 2. The van der Waals surface area contributed by atoms with Crippen LogP contribution in [0.2, 0.25) is 10.0 Å². The fourth-order valence-electron chi connectivity index (χ4n) is 5.91. The number of carbonyl (C=O) groups excluding carboxylic acids is 2. The highest BCUT2D eigenvalue weighted by molar-refractivity contribution is 6.42. The summed E-state index contributed by atoms with van der Waals surface area (Å²) in [5, 5.41) is 7.28. The SMILES string of the molecule is CCOC(=O)N[C@H]1CCCC[C@@H]1n1cnc(C(=O)N2CCNC[C@H]2CCOc2cccc(Cl)c2Cl)c1-c1ccccc1. The molecule has 1 aliphatic carbocycles. The third-order valence-corrected chi connectivity index (χ3v) is 8.75. The Hall–Kier alpha value is -3.27. The Kier molecular flexibility index (Phi) is 10.3. The van der Waals surface area contributed by atoms with Gasteiger partial charge in [-0.25, -0.2) is 9.78 Å². The maximum Gasteiger partial charge on any atom is 0.407 e. The molecule has 1 aliphatic heterocycles. The van der Waals surface area contributed by atoms with Crippen LogP contribution < -0.4 is 15.4 Å². The molecule has 3 aromatic rings. The van der Waals surface area contributed by atoms with Crippen molar-refractivity contribution in [3.63, 3.8) is 0 Å². The minimum Gasteiger partial charge on any atom is -0.492 e. The zero-order chi connectivity index (χ0) is 29.5. The van der Waals surface area contributed by atoms with E-state index in [1.165, 1.54) is 0 Å². The normalized spacial score (nSPS) is 20.6. The molecular formula is C31H37Cl2N5O4. The molecule has 11 heteroatoms. The van der Waals surface area contributed by atoms with E-state index in [0.29, 0.717) is 60.8 Å². The first-order chi connectivity index (χ1) is 20.5. The molecule has 42 heavy (non-hydrogen) atoms. The van der Waals surface area contributed by atoms with Crippen molar-refractivity contribution < 1.29 is 19.1 Å². The zero-order valence-corrected chi connectivity index (χ0v) is 25.2. The van der Waals surface area contributed by atoms with Gasteiger partial charge in [-0.15, -0.1) is 0 Å². The number of ether oxygens (including phenoxy) is 2. The van der Waals surface area contributed by atoms with Crippen molar-refractivity contribution in [2.45, 2.75) is 57.2 Å². The molecule has 1 saturated carbocycles. The lowest BCUT2D eigenvalue weighted by atomic mass is 9.89. The zero-order valence-electron chi connectivity index (χ0n) is 23.7. The number of alkyl carbamates (subject to hydrolysis) is 1. The predicted molar refractivity (Wildman–Crippen MR) is 163 cm³/mol. The summed E-state index contributed by atoms with van der Waals surface area (Å²) < 4.78 is 13.2. The molecule has 0 unspecified atom stereocenters. The third-order valence-electron chi connectivity index (χ3n) is 7.94. The van der Waals surface area contributed by atoms with Crippen LogP contribution in [-0.4, -0.2) is 71.4 Å². The summed E-state index contributed by atoms with van der Waals surface area (Å²) in [6, 6.07) is 14.9. The number of aromatic nitrogens is 2. The van der Waals surface area contributed by atoms with Crippen LogP contribution in [0.15, 0.2) is 54.9 Å². The Morgan fingerprint density at radius 1 is 1.10 bits per heavy atom. The number of piperazine rings is 1. The third kappa shape index (κ3) is 6.85. The van der Waals surface area contributed by atoms with Crippen LogP contribution in [0.3, 0.4) is 0 Å².